The predicted octanol–water partition coefficient (Wildman–Crippen LogP) is 7.21. The van der Waals surface area contributed by atoms with Crippen LogP contribution in [-0.2, 0) is 63.7 Å². The minimum atomic E-state index is -2.49. The molecule has 0 unspecified atom stereocenters. The van der Waals surface area contributed by atoms with E-state index in [-0.39, 0.29) is 73.9 Å². The number of esters is 1. The van der Waals surface area contributed by atoms with E-state index in [0.717, 1.165) is 18.4 Å². The number of aliphatic hydroxyl groups excluding tert-OH is 1. The number of aliphatic hydroxyl groups is 2. The summed E-state index contributed by atoms with van der Waals surface area (Å²) >= 11 is 0. The number of ether oxygens (including phenoxy) is 7. The van der Waals surface area contributed by atoms with Gasteiger partial charge in [-0.1, -0.05) is 71.1 Å². The van der Waals surface area contributed by atoms with E-state index < -0.39 is 77.8 Å². The summed E-state index contributed by atoms with van der Waals surface area (Å²) < 4.78 is 41.9. The minimum absolute atomic E-state index is 0.0115. The number of allylic oxidation sites excluding steroid dienone is 6. The molecule has 15 atom stereocenters. The number of hydrogen-bond donors (Lipinski definition) is 2. The maximum Gasteiger partial charge on any atom is 0.329 e. The van der Waals surface area contributed by atoms with Crippen molar-refractivity contribution in [3.8, 4) is 0 Å². The molecule has 2 bridgehead atoms. The highest BCUT2D eigenvalue weighted by Gasteiger charge is 2.53. The molecule has 3 fully saturated rings. The van der Waals surface area contributed by atoms with E-state index >= 15 is 0 Å². The fourth-order valence-electron chi connectivity index (χ4n) is 11.1. The number of piperidine rings is 1. The largest absolute Gasteiger partial charge is 0.460 e. The molecule has 0 radical (unpaired) electrons. The summed E-state index contributed by atoms with van der Waals surface area (Å²) in [6.07, 6.45) is 16.6. The number of carbonyl (C=O) groups is 5. The molecule has 0 spiro atoms. The number of cyclic esters (lactones) is 1. The van der Waals surface area contributed by atoms with E-state index in [2.05, 4.69) is 9.97 Å². The Balaban J connectivity index is 1.48. The number of ketones is 3. The number of methoxy groups -OCH3 is 3. The van der Waals surface area contributed by atoms with Crippen LogP contribution in [0.5, 0.6) is 0 Å². The summed E-state index contributed by atoms with van der Waals surface area (Å²) in [5.74, 6) is -8.11. The van der Waals surface area contributed by atoms with Gasteiger partial charge in [-0.3, -0.25) is 29.1 Å². The number of aromatic nitrogens is 2. The highest BCUT2D eigenvalue weighted by atomic mass is 16.6. The van der Waals surface area contributed by atoms with Crippen molar-refractivity contribution in [2.45, 2.75) is 187 Å². The standard InChI is InChI=1S/C58H87N3O14/c1-36-16-12-11-13-17-37(2)49(73-35-44-34-59-23-24-60-44)32-45-21-19-42(7)58(68,75-45)55(65)56(66)61-25-15-14-18-46(61)57(67)74-50(39(4)30-43-20-22-48(51(31-43)70-9)72-27-26-69-8)33-47(62)38(3)29-41(6)53(64)54(71-10)52(63)40(5)28-36/h11-13,16-17,23-24,29,34,36,38-40,42-43,45-46,48-51,53-54,64,68H,14-15,18-22,25-28,30-33,35H2,1-10H3/t36-,38-,39-,40-,42-,43+,45+,46+,48-,49+,50+,51-,53-,54+,58-/m1/s1. The molecule has 1 aromatic heterocycles. The number of carbonyl (C=O) groups excluding carboxylic acids is 5. The lowest BCUT2D eigenvalue weighted by atomic mass is 9.78. The second-order valence-electron chi connectivity index (χ2n) is 21.7. The fourth-order valence-corrected chi connectivity index (χ4v) is 11.1. The van der Waals surface area contributed by atoms with Crippen LogP contribution < -0.4 is 0 Å². The average Bonchev–Trinajstić information content (AvgIpc) is 3.40. The normalized spacial score (nSPS) is 34.3. The van der Waals surface area contributed by atoms with E-state index in [1.807, 2.05) is 58.1 Å². The molecule has 3 aliphatic heterocycles. The zero-order chi connectivity index (χ0) is 54.8. The van der Waals surface area contributed by atoms with Crippen LogP contribution in [0.4, 0.5) is 0 Å². The Hall–Kier alpha value is -4.33. The molecule has 1 aliphatic carbocycles. The van der Waals surface area contributed by atoms with Gasteiger partial charge in [0.05, 0.1) is 56.1 Å². The van der Waals surface area contributed by atoms with Gasteiger partial charge >= 0.3 is 5.97 Å². The number of hydrogen-bond acceptors (Lipinski definition) is 16. The molecule has 4 heterocycles. The van der Waals surface area contributed by atoms with Gasteiger partial charge in [-0.2, -0.15) is 0 Å². The topological polar surface area (TPSA) is 219 Å². The lowest BCUT2D eigenvalue weighted by Crippen LogP contribution is -2.61. The minimum Gasteiger partial charge on any atom is -0.460 e. The van der Waals surface area contributed by atoms with Crippen molar-refractivity contribution in [3.63, 3.8) is 0 Å². The molecule has 5 rings (SSSR count). The Morgan fingerprint density at radius 3 is 2.33 bits per heavy atom. The van der Waals surface area contributed by atoms with Crippen LogP contribution in [0, 0.1) is 35.5 Å². The predicted molar refractivity (Wildman–Crippen MR) is 281 cm³/mol. The van der Waals surface area contributed by atoms with Crippen LogP contribution in [0.2, 0.25) is 0 Å². The van der Waals surface area contributed by atoms with E-state index in [1.54, 1.807) is 59.7 Å². The van der Waals surface area contributed by atoms with E-state index in [0.29, 0.717) is 69.4 Å². The van der Waals surface area contributed by atoms with Crippen LogP contribution in [-0.4, -0.2) is 150 Å². The van der Waals surface area contributed by atoms with Crippen LogP contribution in [0.15, 0.2) is 66.2 Å². The van der Waals surface area contributed by atoms with Crippen molar-refractivity contribution in [3.05, 3.63) is 71.9 Å². The van der Waals surface area contributed by atoms with Crippen LogP contribution >= 0.6 is 0 Å². The summed E-state index contributed by atoms with van der Waals surface area (Å²) in [6, 6.07) is -1.16. The lowest BCUT2D eigenvalue weighted by molar-refractivity contribution is -0.266. The van der Waals surface area contributed by atoms with E-state index in [9.17, 15) is 34.2 Å². The van der Waals surface area contributed by atoms with Gasteiger partial charge in [-0.05, 0) is 107 Å². The van der Waals surface area contributed by atoms with Crippen molar-refractivity contribution in [1.82, 2.24) is 14.9 Å². The highest BCUT2D eigenvalue weighted by molar-refractivity contribution is 6.39. The molecule has 17 heteroatoms. The lowest BCUT2D eigenvalue weighted by Gasteiger charge is -2.43. The third-order valence-electron chi connectivity index (χ3n) is 15.8. The molecular formula is C58H87N3O14. The monoisotopic (exact) mass is 1050 g/mol. The molecule has 418 valence electrons. The van der Waals surface area contributed by atoms with Gasteiger partial charge < -0.3 is 48.3 Å². The Morgan fingerprint density at radius 1 is 0.853 bits per heavy atom. The maximum absolute atomic E-state index is 14.6. The first kappa shape index (κ1) is 61.5. The van der Waals surface area contributed by atoms with Crippen molar-refractivity contribution >= 4 is 29.2 Å². The fraction of sp³-hybridized carbons (Fsp3) is 0.707. The van der Waals surface area contributed by atoms with Gasteiger partial charge in [-0.25, -0.2) is 4.79 Å². The van der Waals surface area contributed by atoms with Crippen LogP contribution in [0.25, 0.3) is 0 Å². The van der Waals surface area contributed by atoms with E-state index in [4.69, 9.17) is 33.2 Å². The quantitative estimate of drug-likeness (QED) is 0.0914. The van der Waals surface area contributed by atoms with Gasteiger partial charge in [0.1, 0.15) is 30.1 Å². The number of fused-ring (bicyclic) bond motifs is 3. The molecule has 1 saturated carbocycles. The molecule has 1 amide bonds. The molecule has 1 aromatic rings. The third kappa shape index (κ3) is 17.3. The summed E-state index contributed by atoms with van der Waals surface area (Å²) in [6.45, 7) is 13.8. The van der Waals surface area contributed by atoms with Gasteiger partial charge in [0.15, 0.2) is 5.78 Å². The van der Waals surface area contributed by atoms with Crippen LogP contribution in [0.1, 0.15) is 131 Å². The van der Waals surface area contributed by atoms with E-state index in [1.165, 1.54) is 12.0 Å². The molecule has 2 N–H and O–H groups in total. The first-order valence-corrected chi connectivity index (χ1v) is 27.2. The van der Waals surface area contributed by atoms with Crippen molar-refractivity contribution < 1.29 is 67.3 Å². The highest BCUT2D eigenvalue weighted by Crippen LogP contribution is 2.38. The first-order chi connectivity index (χ1) is 35.8. The molecule has 0 aromatic carbocycles. The zero-order valence-electron chi connectivity index (χ0n) is 46.2. The molecule has 4 aliphatic rings. The summed E-state index contributed by atoms with van der Waals surface area (Å²) in [4.78, 5) is 81.5. The van der Waals surface area contributed by atoms with Crippen molar-refractivity contribution in [2.24, 2.45) is 35.5 Å². The van der Waals surface area contributed by atoms with Crippen molar-refractivity contribution in [1.29, 1.82) is 0 Å². The van der Waals surface area contributed by atoms with Crippen molar-refractivity contribution in [2.75, 3.05) is 41.1 Å². The van der Waals surface area contributed by atoms with Gasteiger partial charge in [-0.15, -0.1) is 0 Å². The Labute approximate surface area is 445 Å². The molecule has 17 nitrogen and oxygen atoms in total. The Bertz CT molecular complexity index is 2150. The summed E-state index contributed by atoms with van der Waals surface area (Å²) in [5, 5.41) is 23.8. The SMILES string of the molecule is COCCO[C@@H]1CC[C@@H](C[C@@H](C)[C@@H]2CC(=O)[C@H](C)C=C(C)[C@@H](O)[C@@H](OC)C(=O)[C@H](C)C[C@H](C)C=CC=CC=C(C)[C@@H](OCc3cnccn3)C[C@@H]3CC[C@@H](C)[C@@](O)(O3)C(=O)C(=O)N3CCCC[C@H]3C(=O)O2)C[C@H]1OC. The third-order valence-corrected chi connectivity index (χ3v) is 15.8. The van der Waals surface area contributed by atoms with Gasteiger partial charge in [0.25, 0.3) is 11.7 Å². The zero-order valence-corrected chi connectivity index (χ0v) is 46.2. The summed E-state index contributed by atoms with van der Waals surface area (Å²) in [5.41, 5.74) is 1.82. The number of Topliss-reactive ketones (excluding diaryl/α,β-unsaturated/α-hetero) is 3. The van der Waals surface area contributed by atoms with Crippen LogP contribution in [0.3, 0.4) is 0 Å². The Morgan fingerprint density at radius 2 is 1.63 bits per heavy atom. The number of nitrogens with zero attached hydrogens (tertiary/aromatic N) is 3. The number of rotatable bonds is 12. The maximum atomic E-state index is 14.6. The first-order valence-electron chi connectivity index (χ1n) is 27.2. The second-order valence-corrected chi connectivity index (χ2v) is 21.7. The molecule has 2 saturated heterocycles. The number of amides is 1. The molecular weight excluding hydrogens is 963 g/mol. The summed E-state index contributed by atoms with van der Waals surface area (Å²) in [7, 11) is 4.67. The van der Waals surface area contributed by atoms with Gasteiger partial charge in [0, 0.05) is 70.9 Å². The van der Waals surface area contributed by atoms with Gasteiger partial charge in [0.2, 0.25) is 5.79 Å². The molecule has 75 heavy (non-hydrogen) atoms. The Kier molecular flexibility index (Phi) is 24.6. The smallest absolute Gasteiger partial charge is 0.329 e. The average molecular weight is 1050 g/mol. The second kappa shape index (κ2) is 30.0.